The molecule has 0 aromatic heterocycles. The second-order valence-electron chi connectivity index (χ2n) is 4.95. The number of anilines is 1. The fourth-order valence-electron chi connectivity index (χ4n) is 2.20. The van der Waals surface area contributed by atoms with Crippen LogP contribution in [0.15, 0.2) is 23.2 Å². The van der Waals surface area contributed by atoms with Crippen LogP contribution < -0.4 is 15.8 Å². The van der Waals surface area contributed by atoms with E-state index in [4.69, 9.17) is 21.3 Å². The highest BCUT2D eigenvalue weighted by Gasteiger charge is 2.21. The predicted octanol–water partition coefficient (Wildman–Crippen LogP) is 2.21. The lowest BCUT2D eigenvalue weighted by Crippen LogP contribution is -2.26. The van der Waals surface area contributed by atoms with Gasteiger partial charge in [-0.2, -0.15) is 0 Å². The topological polar surface area (TPSA) is 124 Å². The number of hydrogen-bond donors (Lipinski definition) is 4. The molecule has 23 heavy (non-hydrogen) atoms. The van der Waals surface area contributed by atoms with Gasteiger partial charge in [0.1, 0.15) is 12.1 Å². The van der Waals surface area contributed by atoms with Crippen molar-refractivity contribution in [3.8, 4) is 5.75 Å². The van der Waals surface area contributed by atoms with Crippen LogP contribution in [0.4, 0.5) is 5.69 Å². The number of nitrogens with two attached hydrogens (primary N) is 1. The van der Waals surface area contributed by atoms with Crippen molar-refractivity contribution in [3.63, 3.8) is 0 Å². The Bertz CT molecular complexity index is 659. The van der Waals surface area contributed by atoms with Crippen molar-refractivity contribution < 1.29 is 9.53 Å². The summed E-state index contributed by atoms with van der Waals surface area (Å²) in [6, 6.07) is 5.29. The van der Waals surface area contributed by atoms with Crippen LogP contribution in [0.25, 0.3) is 0 Å². The predicted molar refractivity (Wildman–Crippen MR) is 94.1 cm³/mol. The summed E-state index contributed by atoms with van der Waals surface area (Å²) in [7, 11) is 0. The van der Waals surface area contributed by atoms with Crippen LogP contribution in [0, 0.1) is 10.8 Å². The van der Waals surface area contributed by atoms with Crippen molar-refractivity contribution in [2.45, 2.75) is 25.0 Å². The molecule has 0 radical (unpaired) electrons. The molecule has 0 spiro atoms. The molecule has 0 bridgehead atoms. The monoisotopic (exact) mass is 333 g/mol. The van der Waals surface area contributed by atoms with Crippen molar-refractivity contribution in [3.05, 3.63) is 23.8 Å². The second-order valence-corrected chi connectivity index (χ2v) is 6.18. The lowest BCUT2D eigenvalue weighted by Gasteiger charge is -2.21. The molecule has 122 valence electrons. The summed E-state index contributed by atoms with van der Waals surface area (Å²) in [5.74, 6) is 0.397. The minimum absolute atomic E-state index is 0.00866. The van der Waals surface area contributed by atoms with Gasteiger partial charge in [0, 0.05) is 0 Å². The number of fused-ring (bicyclic) bond motifs is 1. The van der Waals surface area contributed by atoms with E-state index in [1.807, 2.05) is 6.92 Å². The Balaban J connectivity index is 2.22. The van der Waals surface area contributed by atoms with Crippen LogP contribution in [0.3, 0.4) is 0 Å². The number of nitrogens with zero attached hydrogens (tertiary/aromatic N) is 1. The zero-order chi connectivity index (χ0) is 16.8. The molecule has 8 heteroatoms. The van der Waals surface area contributed by atoms with Crippen LogP contribution in [-0.4, -0.2) is 35.0 Å². The van der Waals surface area contributed by atoms with Gasteiger partial charge in [-0.3, -0.25) is 10.2 Å². The smallest absolute Gasteiger partial charge is 0.262 e. The zero-order valence-corrected chi connectivity index (χ0v) is 13.6. The fourth-order valence-corrected chi connectivity index (χ4v) is 3.21. The number of carbonyl (C=O) groups excluding carboxylic acids is 1. The maximum atomic E-state index is 11.4. The van der Waals surface area contributed by atoms with Gasteiger partial charge in [0.05, 0.1) is 16.6 Å². The summed E-state index contributed by atoms with van der Waals surface area (Å²) in [4.78, 5) is 15.1. The number of amidine groups is 1. The first kappa shape index (κ1) is 17.0. The molecule has 0 saturated heterocycles. The number of benzene rings is 1. The highest BCUT2D eigenvalue weighted by Crippen LogP contribution is 2.30. The minimum atomic E-state index is -0.206. The normalized spacial score (nSPS) is 15.2. The molecule has 0 saturated carbocycles. The third kappa shape index (κ3) is 4.32. The first-order valence-corrected chi connectivity index (χ1v) is 8.07. The van der Waals surface area contributed by atoms with E-state index in [2.05, 4.69) is 10.3 Å². The van der Waals surface area contributed by atoms with Crippen molar-refractivity contribution in [2.24, 2.45) is 10.7 Å². The van der Waals surface area contributed by atoms with Gasteiger partial charge in [-0.15, -0.1) is 0 Å². The molecule has 0 fully saturated rings. The molecular weight excluding hydrogens is 314 g/mol. The van der Waals surface area contributed by atoms with Crippen LogP contribution >= 0.6 is 11.8 Å². The third-order valence-electron chi connectivity index (χ3n) is 3.25. The van der Waals surface area contributed by atoms with E-state index in [0.29, 0.717) is 22.7 Å². The number of nitrogens with one attached hydrogen (secondary N) is 3. The summed E-state index contributed by atoms with van der Waals surface area (Å²) in [6.07, 6.45) is 2.54. The largest absolute Gasteiger partial charge is 0.482 e. The average Bonchev–Trinajstić information content (AvgIpc) is 2.53. The molecule has 1 aromatic rings. The van der Waals surface area contributed by atoms with Crippen LogP contribution in [0.1, 0.15) is 25.3 Å². The first-order valence-electron chi connectivity index (χ1n) is 7.19. The van der Waals surface area contributed by atoms with Crippen molar-refractivity contribution in [1.29, 1.82) is 10.8 Å². The van der Waals surface area contributed by atoms with E-state index in [1.165, 1.54) is 11.8 Å². The fraction of sp³-hybridized carbons (Fsp3) is 0.333. The quantitative estimate of drug-likeness (QED) is 0.470. The molecule has 1 unspecified atom stereocenters. The average molecular weight is 333 g/mol. The molecule has 1 aromatic carbocycles. The first-order chi connectivity index (χ1) is 11.0. The number of hydrogen-bond acceptors (Lipinski definition) is 5. The number of amides is 1. The summed E-state index contributed by atoms with van der Waals surface area (Å²) in [6.45, 7) is 2.04. The number of carbonyl (C=O) groups is 1. The molecule has 0 aliphatic carbocycles. The molecule has 1 heterocycles. The van der Waals surface area contributed by atoms with Gasteiger partial charge >= 0.3 is 0 Å². The summed E-state index contributed by atoms with van der Waals surface area (Å²) < 4.78 is 5.32. The zero-order valence-electron chi connectivity index (χ0n) is 12.8. The molecule has 7 nitrogen and oxygen atoms in total. The molecule has 1 amide bonds. The maximum Gasteiger partial charge on any atom is 0.262 e. The van der Waals surface area contributed by atoms with Gasteiger partial charge in [-0.1, -0.05) is 25.1 Å². The lowest BCUT2D eigenvalue weighted by atomic mass is 10.0. The van der Waals surface area contributed by atoms with E-state index in [0.717, 1.165) is 19.2 Å². The maximum absolute atomic E-state index is 11.4. The lowest BCUT2D eigenvalue weighted by molar-refractivity contribution is -0.118. The SMILES string of the molecule is CCCC(SC(N)=NC=N)C(=N)c1ccc2c(c1)NC(=O)CO2. The van der Waals surface area contributed by atoms with Crippen molar-refractivity contribution in [2.75, 3.05) is 11.9 Å². The van der Waals surface area contributed by atoms with Gasteiger partial charge < -0.3 is 21.2 Å². The molecule has 1 aliphatic heterocycles. The molecule has 1 aliphatic rings. The van der Waals surface area contributed by atoms with Crippen LogP contribution in [0.5, 0.6) is 5.75 Å². The van der Waals surface area contributed by atoms with E-state index < -0.39 is 0 Å². The standard InChI is InChI=1S/C15H19N5O2S/c1-2-3-12(23-15(18)19-8-16)14(17)9-4-5-11-10(6-9)20-13(21)7-22-11/h4-6,8,12,17H,2-3,7H2,1H3,(H,20,21)(H3,16,18,19). The van der Waals surface area contributed by atoms with Crippen molar-refractivity contribution >= 4 is 40.6 Å². The summed E-state index contributed by atoms with van der Waals surface area (Å²) in [5, 5.41) is 18.2. The Morgan fingerprint density at radius 3 is 3.09 bits per heavy atom. The Labute approximate surface area is 138 Å². The summed E-state index contributed by atoms with van der Waals surface area (Å²) in [5.41, 5.74) is 7.42. The number of thioether (sulfide) groups is 1. The number of ether oxygens (including phenoxy) is 1. The summed E-state index contributed by atoms with van der Waals surface area (Å²) >= 11 is 1.27. The Morgan fingerprint density at radius 1 is 1.61 bits per heavy atom. The van der Waals surface area contributed by atoms with Gasteiger partial charge in [-0.05, 0) is 30.2 Å². The van der Waals surface area contributed by atoms with Gasteiger partial charge in [0.2, 0.25) is 0 Å². The van der Waals surface area contributed by atoms with E-state index >= 15 is 0 Å². The Hall–Kier alpha value is -2.35. The van der Waals surface area contributed by atoms with Crippen LogP contribution in [0.2, 0.25) is 0 Å². The Kier molecular flexibility index (Phi) is 5.75. The highest BCUT2D eigenvalue weighted by atomic mass is 32.2. The second kappa shape index (κ2) is 7.77. The van der Waals surface area contributed by atoms with Crippen LogP contribution in [-0.2, 0) is 4.79 Å². The van der Waals surface area contributed by atoms with Gasteiger partial charge in [0.25, 0.3) is 5.91 Å². The van der Waals surface area contributed by atoms with E-state index in [9.17, 15) is 4.79 Å². The third-order valence-corrected chi connectivity index (χ3v) is 4.35. The van der Waals surface area contributed by atoms with Gasteiger partial charge in [-0.25, -0.2) is 4.99 Å². The Morgan fingerprint density at radius 2 is 2.39 bits per heavy atom. The number of aliphatic imine (C=N–C) groups is 1. The molecule has 1 atom stereocenters. The highest BCUT2D eigenvalue weighted by molar-refractivity contribution is 8.14. The molecule has 2 rings (SSSR count). The van der Waals surface area contributed by atoms with Crippen molar-refractivity contribution in [1.82, 2.24) is 0 Å². The van der Waals surface area contributed by atoms with Gasteiger partial charge in [0.15, 0.2) is 11.8 Å². The molecule has 5 N–H and O–H groups in total. The minimum Gasteiger partial charge on any atom is -0.482 e. The van der Waals surface area contributed by atoms with E-state index in [-0.39, 0.29) is 22.9 Å². The van der Waals surface area contributed by atoms with E-state index in [1.54, 1.807) is 18.2 Å². The number of rotatable bonds is 6. The molecular formula is C15H19N5O2S.